The highest BCUT2D eigenvalue weighted by atomic mass is 16.5. The normalized spacial score (nSPS) is 20.9. The van der Waals surface area contributed by atoms with Crippen LogP contribution in [0.15, 0.2) is 18.2 Å². The Labute approximate surface area is 123 Å². The van der Waals surface area contributed by atoms with E-state index < -0.39 is 5.97 Å². The lowest BCUT2D eigenvalue weighted by Gasteiger charge is -2.14. The average molecular weight is 292 g/mol. The Morgan fingerprint density at radius 1 is 1.29 bits per heavy atom. The first-order valence-electron chi connectivity index (χ1n) is 6.88. The van der Waals surface area contributed by atoms with Crippen molar-refractivity contribution in [3.63, 3.8) is 0 Å². The van der Waals surface area contributed by atoms with Gasteiger partial charge in [0.2, 0.25) is 5.91 Å². The highest BCUT2D eigenvalue weighted by molar-refractivity contribution is 6.02. The summed E-state index contributed by atoms with van der Waals surface area (Å²) in [5, 5.41) is 2.79. The second-order valence-corrected chi connectivity index (χ2v) is 5.16. The van der Waals surface area contributed by atoms with E-state index in [2.05, 4.69) is 5.32 Å². The number of benzene rings is 1. The van der Waals surface area contributed by atoms with Gasteiger partial charge in [-0.1, -0.05) is 0 Å². The lowest BCUT2D eigenvalue weighted by molar-refractivity contribution is -0.119. The molecule has 1 amide bonds. The predicted octanol–water partition coefficient (Wildman–Crippen LogP) is 1.55. The topological polar surface area (TPSA) is 90.6 Å². The average Bonchev–Trinajstić information content (AvgIpc) is 2.93. The molecule has 0 radical (unpaired) electrons. The fourth-order valence-electron chi connectivity index (χ4n) is 2.53. The first-order valence-corrected chi connectivity index (χ1v) is 6.88. The Balaban J connectivity index is 2.18. The van der Waals surface area contributed by atoms with Gasteiger partial charge in [-0.05, 0) is 37.5 Å². The van der Waals surface area contributed by atoms with Crippen LogP contribution in [0, 0.1) is 5.92 Å². The van der Waals surface area contributed by atoms with Crippen molar-refractivity contribution in [3.05, 3.63) is 23.8 Å². The van der Waals surface area contributed by atoms with E-state index in [1.54, 1.807) is 18.2 Å². The van der Waals surface area contributed by atoms with Gasteiger partial charge in [-0.3, -0.25) is 4.79 Å². The Morgan fingerprint density at radius 2 is 2.05 bits per heavy atom. The van der Waals surface area contributed by atoms with Gasteiger partial charge in [0, 0.05) is 12.0 Å². The number of amides is 1. The third kappa shape index (κ3) is 3.52. The number of hydrogen-bond donors (Lipinski definition) is 2. The fraction of sp³-hybridized carbons (Fsp3) is 0.467. The minimum atomic E-state index is -0.521. The number of nitrogens with two attached hydrogens (primary N) is 1. The maximum atomic E-state index is 12.2. The number of anilines is 1. The smallest absolute Gasteiger partial charge is 0.340 e. The molecule has 1 aromatic rings. The van der Waals surface area contributed by atoms with E-state index in [1.165, 1.54) is 14.2 Å². The summed E-state index contributed by atoms with van der Waals surface area (Å²) in [6.07, 6.45) is 2.30. The Bertz CT molecular complexity index is 544. The van der Waals surface area contributed by atoms with Crippen molar-refractivity contribution >= 4 is 17.6 Å². The molecule has 21 heavy (non-hydrogen) atoms. The summed E-state index contributed by atoms with van der Waals surface area (Å²) in [6, 6.07) is 4.94. The van der Waals surface area contributed by atoms with Gasteiger partial charge in [0.15, 0.2) is 0 Å². The second-order valence-electron chi connectivity index (χ2n) is 5.16. The molecule has 2 unspecified atom stereocenters. The van der Waals surface area contributed by atoms with Crippen molar-refractivity contribution in [2.24, 2.45) is 11.7 Å². The van der Waals surface area contributed by atoms with Crippen LogP contribution in [0.1, 0.15) is 29.6 Å². The van der Waals surface area contributed by atoms with Crippen molar-refractivity contribution in [2.75, 3.05) is 19.5 Å². The number of carbonyl (C=O) groups is 2. The molecule has 2 atom stereocenters. The van der Waals surface area contributed by atoms with Crippen molar-refractivity contribution in [1.29, 1.82) is 0 Å². The van der Waals surface area contributed by atoms with Crippen LogP contribution in [0.25, 0.3) is 0 Å². The molecule has 1 aliphatic rings. The minimum absolute atomic E-state index is 0.0803. The third-order valence-electron chi connectivity index (χ3n) is 3.73. The number of hydrogen-bond acceptors (Lipinski definition) is 5. The van der Waals surface area contributed by atoms with Crippen molar-refractivity contribution in [3.8, 4) is 5.75 Å². The van der Waals surface area contributed by atoms with Crippen molar-refractivity contribution < 1.29 is 19.1 Å². The molecule has 0 saturated heterocycles. The van der Waals surface area contributed by atoms with Gasteiger partial charge < -0.3 is 20.5 Å². The Kier molecular flexibility index (Phi) is 4.80. The maximum Gasteiger partial charge on any atom is 0.340 e. The molecule has 1 aromatic carbocycles. The van der Waals surface area contributed by atoms with Crippen LogP contribution < -0.4 is 15.8 Å². The summed E-state index contributed by atoms with van der Waals surface area (Å²) < 4.78 is 9.82. The van der Waals surface area contributed by atoms with Crippen LogP contribution in [0.5, 0.6) is 5.75 Å². The number of carbonyl (C=O) groups excluding carboxylic acids is 2. The largest absolute Gasteiger partial charge is 0.497 e. The van der Waals surface area contributed by atoms with Crippen LogP contribution in [-0.4, -0.2) is 32.1 Å². The number of ether oxygens (including phenoxy) is 2. The van der Waals surface area contributed by atoms with Gasteiger partial charge in [-0.25, -0.2) is 4.79 Å². The molecule has 6 heteroatoms. The third-order valence-corrected chi connectivity index (χ3v) is 3.73. The monoisotopic (exact) mass is 292 g/mol. The SMILES string of the molecule is COC(=O)c1cc(OC)ccc1NC(=O)C1CCC(N)C1. The van der Waals surface area contributed by atoms with E-state index in [1.807, 2.05) is 0 Å². The molecule has 3 N–H and O–H groups in total. The molecule has 1 aliphatic carbocycles. The molecule has 2 rings (SSSR count). The summed E-state index contributed by atoms with van der Waals surface area (Å²) in [5.41, 5.74) is 6.52. The number of esters is 1. The van der Waals surface area contributed by atoms with Gasteiger partial charge in [0.05, 0.1) is 25.5 Å². The molecular weight excluding hydrogens is 272 g/mol. The van der Waals surface area contributed by atoms with Crippen LogP contribution in [-0.2, 0) is 9.53 Å². The summed E-state index contributed by atoms with van der Waals surface area (Å²) >= 11 is 0. The van der Waals surface area contributed by atoms with E-state index in [0.717, 1.165) is 12.8 Å². The predicted molar refractivity (Wildman–Crippen MR) is 78.3 cm³/mol. The molecule has 0 aliphatic heterocycles. The van der Waals surface area contributed by atoms with Crippen LogP contribution in [0.4, 0.5) is 5.69 Å². The summed E-state index contributed by atoms with van der Waals surface area (Å²) in [7, 11) is 2.80. The maximum absolute atomic E-state index is 12.2. The zero-order valence-corrected chi connectivity index (χ0v) is 12.2. The van der Waals surface area contributed by atoms with E-state index in [-0.39, 0.29) is 23.4 Å². The standard InChI is InChI=1S/C15H20N2O4/c1-20-11-5-6-13(12(8-11)15(19)21-2)17-14(18)9-3-4-10(16)7-9/h5-6,8-10H,3-4,7,16H2,1-2H3,(H,17,18). The quantitative estimate of drug-likeness (QED) is 0.822. The van der Waals surface area contributed by atoms with Gasteiger partial charge in [0.25, 0.3) is 0 Å². The zero-order chi connectivity index (χ0) is 15.4. The highest BCUT2D eigenvalue weighted by Gasteiger charge is 2.28. The zero-order valence-electron chi connectivity index (χ0n) is 12.2. The van der Waals surface area contributed by atoms with Crippen molar-refractivity contribution in [2.45, 2.75) is 25.3 Å². The molecule has 1 fully saturated rings. The minimum Gasteiger partial charge on any atom is -0.497 e. The van der Waals surface area contributed by atoms with E-state index >= 15 is 0 Å². The lowest BCUT2D eigenvalue weighted by Crippen LogP contribution is -2.24. The van der Waals surface area contributed by atoms with Crippen molar-refractivity contribution in [1.82, 2.24) is 0 Å². The Morgan fingerprint density at radius 3 is 2.62 bits per heavy atom. The van der Waals surface area contributed by atoms with Gasteiger partial charge in [-0.2, -0.15) is 0 Å². The van der Waals surface area contributed by atoms with E-state index in [4.69, 9.17) is 15.2 Å². The summed E-state index contributed by atoms with van der Waals surface area (Å²) in [5.74, 6) is -0.213. The van der Waals surface area contributed by atoms with Gasteiger partial charge in [0.1, 0.15) is 5.75 Å². The molecule has 0 bridgehead atoms. The molecule has 6 nitrogen and oxygen atoms in total. The number of nitrogens with one attached hydrogen (secondary N) is 1. The first kappa shape index (κ1) is 15.3. The lowest BCUT2D eigenvalue weighted by atomic mass is 10.1. The van der Waals surface area contributed by atoms with E-state index in [9.17, 15) is 9.59 Å². The van der Waals surface area contributed by atoms with Crippen LogP contribution in [0.3, 0.4) is 0 Å². The molecular formula is C15H20N2O4. The van der Waals surface area contributed by atoms with Crippen LogP contribution >= 0.6 is 0 Å². The van der Waals surface area contributed by atoms with Crippen LogP contribution in [0.2, 0.25) is 0 Å². The van der Waals surface area contributed by atoms with Gasteiger partial charge in [-0.15, -0.1) is 0 Å². The summed E-state index contributed by atoms with van der Waals surface area (Å²) in [4.78, 5) is 24.0. The molecule has 0 heterocycles. The van der Waals surface area contributed by atoms with E-state index in [0.29, 0.717) is 17.9 Å². The fourth-order valence-corrected chi connectivity index (χ4v) is 2.53. The molecule has 0 aromatic heterocycles. The van der Waals surface area contributed by atoms with Gasteiger partial charge >= 0.3 is 5.97 Å². The highest BCUT2D eigenvalue weighted by Crippen LogP contribution is 2.28. The Hall–Kier alpha value is -2.08. The second kappa shape index (κ2) is 6.58. The number of rotatable bonds is 4. The number of methoxy groups -OCH3 is 2. The summed E-state index contributed by atoms with van der Waals surface area (Å²) in [6.45, 7) is 0. The molecule has 114 valence electrons. The first-order chi connectivity index (χ1) is 10.0. The molecule has 1 saturated carbocycles. The molecule has 0 spiro atoms.